The van der Waals surface area contributed by atoms with Crippen LogP contribution in [0.5, 0.6) is 0 Å². The minimum absolute atomic E-state index is 0.00736. The van der Waals surface area contributed by atoms with Crippen LogP contribution in [0.2, 0.25) is 5.31 Å². The molecule has 0 spiro atoms. The lowest BCUT2D eigenvalue weighted by Gasteiger charge is -2.52. The monoisotopic (exact) mass is 206 g/mol. The fourth-order valence-corrected chi connectivity index (χ4v) is 3.40. The lowest BCUT2D eigenvalue weighted by Crippen LogP contribution is -2.46. The third-order valence-corrected chi connectivity index (χ3v) is 4.72. The molecule has 1 N–H and O–H groups in total. The Labute approximate surface area is 92.2 Å². The molecule has 2 aliphatic carbocycles. The Morgan fingerprint density at radius 1 is 1.80 bits per heavy atom. The highest BCUT2D eigenvalue weighted by Crippen LogP contribution is 2.64. The first-order valence-corrected chi connectivity index (χ1v) is 5.91. The van der Waals surface area contributed by atoms with Crippen molar-refractivity contribution in [3.05, 3.63) is 11.6 Å². The van der Waals surface area contributed by atoms with Gasteiger partial charge in [-0.15, -0.1) is 0 Å². The summed E-state index contributed by atoms with van der Waals surface area (Å²) in [5, 5.41) is 9.11. The summed E-state index contributed by atoms with van der Waals surface area (Å²) in [6.07, 6.45) is 5.78. The van der Waals surface area contributed by atoms with E-state index in [1.807, 2.05) is 6.92 Å². The molecule has 0 aliphatic heterocycles. The molecule has 1 fully saturated rings. The largest absolute Gasteiger partial charge is 0.481 e. The number of hydrogen-bond acceptors (Lipinski definition) is 1. The molecule has 0 aromatic carbocycles. The second-order valence-corrected chi connectivity index (χ2v) is 5.44. The van der Waals surface area contributed by atoms with Gasteiger partial charge in [0.2, 0.25) is 0 Å². The van der Waals surface area contributed by atoms with Crippen molar-refractivity contribution in [3.63, 3.8) is 0 Å². The van der Waals surface area contributed by atoms with Crippen molar-refractivity contribution in [1.82, 2.24) is 0 Å². The molecule has 2 nitrogen and oxygen atoms in total. The quantitative estimate of drug-likeness (QED) is 0.565. The average Bonchev–Trinajstić information content (AvgIpc) is 2.54. The van der Waals surface area contributed by atoms with E-state index in [4.69, 9.17) is 5.11 Å². The van der Waals surface area contributed by atoms with E-state index in [-0.39, 0.29) is 11.2 Å². The molecule has 82 valence electrons. The molecule has 0 aromatic rings. The van der Waals surface area contributed by atoms with E-state index >= 15 is 0 Å². The topological polar surface area (TPSA) is 37.3 Å². The van der Waals surface area contributed by atoms with Crippen molar-refractivity contribution in [3.8, 4) is 0 Å². The number of allylic oxidation sites excluding steroid dienone is 2. The molecule has 3 heteroatoms. The van der Waals surface area contributed by atoms with Gasteiger partial charge in [0.1, 0.15) is 7.85 Å². The summed E-state index contributed by atoms with van der Waals surface area (Å²) < 4.78 is 0. The molecule has 1 saturated carbocycles. The van der Waals surface area contributed by atoms with Crippen molar-refractivity contribution in [2.75, 3.05) is 0 Å². The number of carboxylic acids is 1. The number of rotatable bonds is 3. The first kappa shape index (κ1) is 10.8. The van der Waals surface area contributed by atoms with E-state index in [2.05, 4.69) is 20.8 Å². The fraction of sp³-hybridized carbons (Fsp3) is 0.750. The Morgan fingerprint density at radius 2 is 2.47 bits per heavy atom. The highest BCUT2D eigenvalue weighted by atomic mass is 16.4. The van der Waals surface area contributed by atoms with Gasteiger partial charge in [-0.1, -0.05) is 25.5 Å². The van der Waals surface area contributed by atoms with Gasteiger partial charge in [0, 0.05) is 0 Å². The molecular formula is C12H19BO2. The van der Waals surface area contributed by atoms with E-state index in [0.29, 0.717) is 5.92 Å². The summed E-state index contributed by atoms with van der Waals surface area (Å²) in [4.78, 5) is 11.1. The molecule has 3 unspecified atom stereocenters. The van der Waals surface area contributed by atoms with Crippen molar-refractivity contribution in [2.24, 2.45) is 17.8 Å². The molecular weight excluding hydrogens is 187 g/mol. The smallest absolute Gasteiger partial charge is 0.306 e. The van der Waals surface area contributed by atoms with Gasteiger partial charge in [0.25, 0.3) is 0 Å². The minimum Gasteiger partial charge on any atom is -0.481 e. The van der Waals surface area contributed by atoms with Crippen molar-refractivity contribution in [1.29, 1.82) is 0 Å². The van der Waals surface area contributed by atoms with Gasteiger partial charge < -0.3 is 5.11 Å². The molecule has 2 rings (SSSR count). The van der Waals surface area contributed by atoms with Crippen LogP contribution in [0.15, 0.2) is 11.6 Å². The maximum absolute atomic E-state index is 11.1. The van der Waals surface area contributed by atoms with E-state index in [9.17, 15) is 4.79 Å². The third kappa shape index (κ3) is 1.44. The summed E-state index contributed by atoms with van der Waals surface area (Å²) in [6, 6.07) is 0. The zero-order valence-electron chi connectivity index (χ0n) is 9.79. The Kier molecular flexibility index (Phi) is 2.44. The van der Waals surface area contributed by atoms with E-state index in [1.54, 1.807) is 0 Å². The fourth-order valence-electron chi connectivity index (χ4n) is 3.40. The van der Waals surface area contributed by atoms with Crippen LogP contribution in [-0.4, -0.2) is 18.9 Å². The van der Waals surface area contributed by atoms with Gasteiger partial charge >= 0.3 is 5.97 Å². The summed E-state index contributed by atoms with van der Waals surface area (Å²) in [5.74, 6) is 0.408. The van der Waals surface area contributed by atoms with Gasteiger partial charge in [0.15, 0.2) is 0 Å². The van der Waals surface area contributed by atoms with E-state index in [1.165, 1.54) is 12.0 Å². The highest BCUT2D eigenvalue weighted by molar-refractivity contribution is 6.18. The van der Waals surface area contributed by atoms with Crippen LogP contribution < -0.4 is 0 Å². The normalized spacial score (nSPS) is 40.3. The average molecular weight is 206 g/mol. The van der Waals surface area contributed by atoms with Crippen LogP contribution in [0.4, 0.5) is 0 Å². The van der Waals surface area contributed by atoms with Gasteiger partial charge in [-0.05, 0) is 36.4 Å². The Bertz CT molecular complexity index is 324. The predicted molar refractivity (Wildman–Crippen MR) is 62.6 cm³/mol. The molecule has 15 heavy (non-hydrogen) atoms. The van der Waals surface area contributed by atoms with Gasteiger partial charge in [0.05, 0.1) is 5.92 Å². The van der Waals surface area contributed by atoms with Crippen LogP contribution in [0.1, 0.15) is 33.1 Å². The van der Waals surface area contributed by atoms with Crippen LogP contribution >= 0.6 is 0 Å². The Morgan fingerprint density at radius 3 is 3.00 bits per heavy atom. The van der Waals surface area contributed by atoms with Crippen LogP contribution in [0.3, 0.4) is 0 Å². The first-order chi connectivity index (χ1) is 6.99. The van der Waals surface area contributed by atoms with Crippen molar-refractivity contribution in [2.45, 2.75) is 38.4 Å². The zero-order valence-corrected chi connectivity index (χ0v) is 9.79. The molecule has 0 bridgehead atoms. The zero-order chi connectivity index (χ0) is 11.2. The maximum atomic E-state index is 11.1. The Balaban J connectivity index is 2.14. The Hall–Kier alpha value is -0.725. The lowest BCUT2D eigenvalue weighted by atomic mass is 9.41. The lowest BCUT2D eigenvalue weighted by molar-refractivity contribution is -0.145. The molecule has 2 aliphatic rings. The van der Waals surface area contributed by atoms with E-state index in [0.717, 1.165) is 18.8 Å². The maximum Gasteiger partial charge on any atom is 0.306 e. The van der Waals surface area contributed by atoms with Crippen LogP contribution in [-0.2, 0) is 4.79 Å². The third-order valence-electron chi connectivity index (χ3n) is 4.72. The molecule has 4 atom stereocenters. The van der Waals surface area contributed by atoms with E-state index < -0.39 is 5.97 Å². The first-order valence-electron chi connectivity index (χ1n) is 5.91. The van der Waals surface area contributed by atoms with Crippen LogP contribution in [0.25, 0.3) is 0 Å². The number of aliphatic carboxylic acids is 1. The van der Waals surface area contributed by atoms with Crippen LogP contribution in [0, 0.1) is 17.8 Å². The molecule has 0 saturated heterocycles. The van der Waals surface area contributed by atoms with Crippen molar-refractivity contribution < 1.29 is 9.90 Å². The number of hydrogen-bond donors (Lipinski definition) is 1. The summed E-state index contributed by atoms with van der Waals surface area (Å²) >= 11 is 0. The summed E-state index contributed by atoms with van der Waals surface area (Å²) in [5.41, 5.74) is 1.53. The second kappa shape index (κ2) is 3.39. The van der Waals surface area contributed by atoms with Gasteiger partial charge in [-0.2, -0.15) is 0 Å². The standard InChI is InChI=1S/C12H19BO2/c1-3-8-4-9-6-12(13,10(9)5-8)7(2)11(14)15/h5,7,9-10H,3-4,6,13H2,1-2H3,(H,14,15)/t7?,9?,10?,12-/m0/s1. The number of carbonyl (C=O) groups is 1. The molecule has 0 radical (unpaired) electrons. The molecule has 0 heterocycles. The van der Waals surface area contributed by atoms with Gasteiger partial charge in [-0.25, -0.2) is 0 Å². The summed E-state index contributed by atoms with van der Waals surface area (Å²) in [7, 11) is 2.14. The highest BCUT2D eigenvalue weighted by Gasteiger charge is 2.55. The minimum atomic E-state index is -0.644. The SMILES string of the molecule is B[C@]1(C(C)C(=O)O)CC2CC(CC)=CC21. The molecule has 0 aromatic heterocycles. The molecule has 0 amide bonds. The van der Waals surface area contributed by atoms with Crippen molar-refractivity contribution >= 4 is 13.8 Å². The number of carboxylic acid groups (broad SMARTS) is 1. The number of fused-ring (bicyclic) bond motifs is 1. The van der Waals surface area contributed by atoms with Gasteiger partial charge in [-0.3, -0.25) is 4.79 Å². The predicted octanol–water partition coefficient (Wildman–Crippen LogP) is 1.88. The second-order valence-electron chi connectivity index (χ2n) is 5.44. The summed E-state index contributed by atoms with van der Waals surface area (Å²) in [6.45, 7) is 4.05.